The SMILES string of the molecule is O=C(CCc1nc(-c2ccncc2)no1)NC1CCN(CC(F)(F)F)CC1. The van der Waals surface area contributed by atoms with Crippen LogP contribution < -0.4 is 5.32 Å². The molecule has 2 aromatic heterocycles. The minimum absolute atomic E-state index is 0.1000. The first kappa shape index (κ1) is 19.3. The maximum Gasteiger partial charge on any atom is 0.401 e. The Bertz CT molecular complexity index is 743. The lowest BCUT2D eigenvalue weighted by atomic mass is 10.0. The van der Waals surface area contributed by atoms with Crippen molar-refractivity contribution in [2.75, 3.05) is 19.6 Å². The van der Waals surface area contributed by atoms with Crippen molar-refractivity contribution in [1.82, 2.24) is 25.3 Å². The highest BCUT2D eigenvalue weighted by Crippen LogP contribution is 2.20. The number of carbonyl (C=O) groups excluding carboxylic acids is 1. The average molecular weight is 383 g/mol. The molecule has 7 nitrogen and oxygen atoms in total. The average Bonchev–Trinajstić information content (AvgIpc) is 3.10. The smallest absolute Gasteiger partial charge is 0.353 e. The number of aryl methyl sites for hydroxylation is 1. The summed E-state index contributed by atoms with van der Waals surface area (Å²) in [7, 11) is 0. The number of hydrogen-bond donors (Lipinski definition) is 1. The molecule has 0 radical (unpaired) electrons. The van der Waals surface area contributed by atoms with Gasteiger partial charge in [0.05, 0.1) is 6.54 Å². The predicted octanol–water partition coefficient (Wildman–Crippen LogP) is 2.21. The van der Waals surface area contributed by atoms with Crippen LogP contribution in [-0.4, -0.2) is 57.8 Å². The van der Waals surface area contributed by atoms with Gasteiger partial charge in [0.25, 0.3) is 0 Å². The van der Waals surface area contributed by atoms with Gasteiger partial charge in [-0.25, -0.2) is 0 Å². The number of nitrogens with one attached hydrogen (secondary N) is 1. The highest BCUT2D eigenvalue weighted by molar-refractivity contribution is 5.76. The maximum absolute atomic E-state index is 12.4. The van der Waals surface area contributed by atoms with Gasteiger partial charge in [0.2, 0.25) is 17.6 Å². The Morgan fingerprint density at radius 2 is 1.96 bits per heavy atom. The molecule has 0 spiro atoms. The molecule has 0 bridgehead atoms. The van der Waals surface area contributed by atoms with E-state index in [1.165, 1.54) is 4.90 Å². The minimum atomic E-state index is -4.19. The third kappa shape index (κ3) is 6.02. The van der Waals surface area contributed by atoms with E-state index in [1.807, 2.05) is 0 Å². The highest BCUT2D eigenvalue weighted by Gasteiger charge is 2.32. The predicted molar refractivity (Wildman–Crippen MR) is 89.5 cm³/mol. The van der Waals surface area contributed by atoms with Crippen molar-refractivity contribution in [2.24, 2.45) is 0 Å². The van der Waals surface area contributed by atoms with E-state index < -0.39 is 12.7 Å². The molecule has 10 heteroatoms. The lowest BCUT2D eigenvalue weighted by Crippen LogP contribution is -2.47. The first-order valence-electron chi connectivity index (χ1n) is 8.70. The quantitative estimate of drug-likeness (QED) is 0.823. The molecule has 3 rings (SSSR count). The minimum Gasteiger partial charge on any atom is -0.353 e. The summed E-state index contributed by atoms with van der Waals surface area (Å²) in [5.74, 6) is 0.620. The molecule has 2 aromatic rings. The molecule has 3 heterocycles. The van der Waals surface area contributed by atoms with Crippen LogP contribution in [0.5, 0.6) is 0 Å². The maximum atomic E-state index is 12.4. The van der Waals surface area contributed by atoms with Gasteiger partial charge in [0.1, 0.15) is 0 Å². The Balaban J connectivity index is 1.40. The van der Waals surface area contributed by atoms with Crippen LogP contribution in [0, 0.1) is 0 Å². The molecule has 1 aliphatic rings. The first-order valence-corrected chi connectivity index (χ1v) is 8.70. The molecular weight excluding hydrogens is 363 g/mol. The molecule has 1 amide bonds. The van der Waals surface area contributed by atoms with Crippen LogP contribution in [0.15, 0.2) is 29.0 Å². The van der Waals surface area contributed by atoms with Crippen LogP contribution in [0.3, 0.4) is 0 Å². The zero-order chi connectivity index (χ0) is 19.3. The van der Waals surface area contributed by atoms with Crippen molar-refractivity contribution < 1.29 is 22.5 Å². The summed E-state index contributed by atoms with van der Waals surface area (Å²) in [6.07, 6.45) is 0.563. The van der Waals surface area contributed by atoms with E-state index in [4.69, 9.17) is 4.52 Å². The Hall–Kier alpha value is -2.49. The van der Waals surface area contributed by atoms with Gasteiger partial charge in [0, 0.05) is 49.9 Å². The number of nitrogens with zero attached hydrogens (tertiary/aromatic N) is 4. The summed E-state index contributed by atoms with van der Waals surface area (Å²) < 4.78 is 42.3. The number of rotatable bonds is 6. The van der Waals surface area contributed by atoms with Gasteiger partial charge < -0.3 is 9.84 Å². The van der Waals surface area contributed by atoms with Crippen molar-refractivity contribution in [1.29, 1.82) is 0 Å². The van der Waals surface area contributed by atoms with Gasteiger partial charge in [-0.15, -0.1) is 0 Å². The summed E-state index contributed by atoms with van der Waals surface area (Å²) in [4.78, 5) is 21.6. The zero-order valence-corrected chi connectivity index (χ0v) is 14.6. The number of alkyl halides is 3. The second kappa shape index (κ2) is 8.47. The molecule has 0 atom stereocenters. The second-order valence-corrected chi connectivity index (χ2v) is 6.48. The summed E-state index contributed by atoms with van der Waals surface area (Å²) >= 11 is 0. The van der Waals surface area contributed by atoms with Crippen molar-refractivity contribution in [2.45, 2.75) is 37.9 Å². The van der Waals surface area contributed by atoms with E-state index >= 15 is 0 Å². The standard InChI is InChI=1S/C17H20F3N5O2/c18-17(19,20)11-25-9-5-13(6-10-25)22-14(26)1-2-15-23-16(24-27-15)12-3-7-21-8-4-12/h3-4,7-8,13H,1-2,5-6,9-11H2,(H,22,26). The van der Waals surface area contributed by atoms with Gasteiger partial charge in [-0.1, -0.05) is 5.16 Å². The van der Waals surface area contributed by atoms with Crippen LogP contribution in [0.4, 0.5) is 13.2 Å². The summed E-state index contributed by atoms with van der Waals surface area (Å²) in [5, 5.41) is 6.74. The lowest BCUT2D eigenvalue weighted by molar-refractivity contribution is -0.148. The monoisotopic (exact) mass is 383 g/mol. The molecule has 1 saturated heterocycles. The van der Waals surface area contributed by atoms with Crippen molar-refractivity contribution in [3.05, 3.63) is 30.4 Å². The fraction of sp³-hybridized carbons (Fsp3) is 0.529. The van der Waals surface area contributed by atoms with Crippen LogP contribution >= 0.6 is 0 Å². The molecule has 0 unspecified atom stereocenters. The third-order valence-corrected chi connectivity index (χ3v) is 4.33. The van der Waals surface area contributed by atoms with Crippen LogP contribution in [0.2, 0.25) is 0 Å². The molecule has 0 aromatic carbocycles. The molecule has 0 saturated carbocycles. The fourth-order valence-electron chi connectivity index (χ4n) is 2.98. The van der Waals surface area contributed by atoms with Crippen molar-refractivity contribution in [3.8, 4) is 11.4 Å². The Morgan fingerprint density at radius 1 is 1.26 bits per heavy atom. The first-order chi connectivity index (χ1) is 12.9. The van der Waals surface area contributed by atoms with Gasteiger partial charge in [-0.3, -0.25) is 14.7 Å². The molecule has 1 fully saturated rings. The second-order valence-electron chi connectivity index (χ2n) is 6.48. The molecule has 0 aliphatic carbocycles. The van der Waals surface area contributed by atoms with E-state index in [0.717, 1.165) is 5.56 Å². The number of pyridine rings is 1. The summed E-state index contributed by atoms with van der Waals surface area (Å²) in [6, 6.07) is 3.41. The molecular formula is C17H20F3N5O2. The molecule has 146 valence electrons. The number of likely N-dealkylation sites (tertiary alicyclic amines) is 1. The van der Waals surface area contributed by atoms with Gasteiger partial charge in [0.15, 0.2) is 0 Å². The van der Waals surface area contributed by atoms with Gasteiger partial charge in [-0.05, 0) is 25.0 Å². The van der Waals surface area contributed by atoms with E-state index in [2.05, 4.69) is 20.4 Å². The number of halogens is 3. The van der Waals surface area contributed by atoms with Gasteiger partial charge in [-0.2, -0.15) is 18.2 Å². The fourth-order valence-corrected chi connectivity index (χ4v) is 2.98. The van der Waals surface area contributed by atoms with Crippen molar-refractivity contribution >= 4 is 5.91 Å². The third-order valence-electron chi connectivity index (χ3n) is 4.33. The molecule has 1 aliphatic heterocycles. The van der Waals surface area contributed by atoms with E-state index in [9.17, 15) is 18.0 Å². The number of amides is 1. The van der Waals surface area contributed by atoms with Crippen LogP contribution in [0.1, 0.15) is 25.2 Å². The summed E-state index contributed by atoms with van der Waals surface area (Å²) in [6.45, 7) is -0.253. The van der Waals surface area contributed by atoms with E-state index in [-0.39, 0.29) is 18.4 Å². The summed E-state index contributed by atoms with van der Waals surface area (Å²) in [5.41, 5.74) is 0.773. The van der Waals surface area contributed by atoms with E-state index in [1.54, 1.807) is 24.5 Å². The molecule has 1 N–H and O–H groups in total. The topological polar surface area (TPSA) is 84.1 Å². The number of carbonyl (C=O) groups is 1. The highest BCUT2D eigenvalue weighted by atomic mass is 19.4. The number of hydrogen-bond acceptors (Lipinski definition) is 6. The van der Waals surface area contributed by atoms with Crippen LogP contribution in [0.25, 0.3) is 11.4 Å². The largest absolute Gasteiger partial charge is 0.401 e. The van der Waals surface area contributed by atoms with Gasteiger partial charge >= 0.3 is 6.18 Å². The zero-order valence-electron chi connectivity index (χ0n) is 14.6. The van der Waals surface area contributed by atoms with Crippen LogP contribution in [-0.2, 0) is 11.2 Å². The Kier molecular flexibility index (Phi) is 6.04. The van der Waals surface area contributed by atoms with E-state index in [0.29, 0.717) is 44.1 Å². The van der Waals surface area contributed by atoms with Crippen molar-refractivity contribution in [3.63, 3.8) is 0 Å². The normalized spacial score (nSPS) is 16.4. The Labute approximate surface area is 154 Å². The molecule has 27 heavy (non-hydrogen) atoms. The number of aromatic nitrogens is 3. The lowest BCUT2D eigenvalue weighted by Gasteiger charge is -2.32. The number of piperidine rings is 1. The Morgan fingerprint density at radius 3 is 2.63 bits per heavy atom.